The first-order valence-corrected chi connectivity index (χ1v) is 11.1. The minimum absolute atomic E-state index is 0.799. The van der Waals surface area contributed by atoms with Gasteiger partial charge in [0.25, 0.3) is 0 Å². The molecule has 3 heterocycles. The van der Waals surface area contributed by atoms with E-state index in [1.54, 1.807) is 0 Å². The molecule has 2 aromatic heterocycles. The van der Waals surface area contributed by atoms with Crippen molar-refractivity contribution >= 4 is 16.7 Å². The highest BCUT2D eigenvalue weighted by molar-refractivity contribution is 5.89. The van der Waals surface area contributed by atoms with Crippen LogP contribution >= 0.6 is 0 Å². The van der Waals surface area contributed by atoms with E-state index >= 15 is 0 Å². The molecule has 6 nitrogen and oxygen atoms in total. The molecule has 160 valence electrons. The number of para-hydroxylation sites is 1. The van der Waals surface area contributed by atoms with Crippen LogP contribution in [0.2, 0.25) is 0 Å². The normalized spacial score (nSPS) is 16.8. The largest absolute Gasteiger partial charge is 0.367 e. The van der Waals surface area contributed by atoms with Crippen LogP contribution in [0.1, 0.15) is 29.9 Å². The zero-order chi connectivity index (χ0) is 20.9. The number of aryl methyl sites for hydroxylation is 3. The molecular formula is C24H34N6. The first-order valence-electron chi connectivity index (χ1n) is 11.1. The Hall–Kier alpha value is -2.44. The topological polar surface area (TPSA) is 49.2 Å². The molecule has 1 aliphatic carbocycles. The van der Waals surface area contributed by atoms with Crippen LogP contribution in [-0.2, 0) is 26.4 Å². The van der Waals surface area contributed by atoms with Gasteiger partial charge in [-0.15, -0.1) is 0 Å². The number of piperazine rings is 1. The van der Waals surface area contributed by atoms with Gasteiger partial charge in [0.1, 0.15) is 5.82 Å². The fourth-order valence-corrected chi connectivity index (χ4v) is 4.45. The van der Waals surface area contributed by atoms with Gasteiger partial charge >= 0.3 is 0 Å². The van der Waals surface area contributed by atoms with Gasteiger partial charge in [0.05, 0.1) is 23.3 Å². The molecule has 30 heavy (non-hydrogen) atoms. The van der Waals surface area contributed by atoms with Crippen molar-refractivity contribution in [1.82, 2.24) is 24.8 Å². The van der Waals surface area contributed by atoms with Crippen molar-refractivity contribution in [3.8, 4) is 0 Å². The summed E-state index contributed by atoms with van der Waals surface area (Å²) in [4.78, 5) is 13.9. The zero-order valence-corrected chi connectivity index (χ0v) is 18.6. The van der Waals surface area contributed by atoms with Gasteiger partial charge in [-0.1, -0.05) is 12.1 Å². The number of benzene rings is 1. The lowest BCUT2D eigenvalue weighted by atomic mass is 9.96. The van der Waals surface area contributed by atoms with Crippen molar-refractivity contribution in [2.24, 2.45) is 7.05 Å². The summed E-state index contributed by atoms with van der Waals surface area (Å²) in [5.41, 5.74) is 6.45. The molecule has 0 atom stereocenters. The Morgan fingerprint density at radius 2 is 1.77 bits per heavy atom. The second-order valence-corrected chi connectivity index (χ2v) is 8.37. The lowest BCUT2D eigenvalue weighted by Gasteiger charge is -2.34. The van der Waals surface area contributed by atoms with Gasteiger partial charge < -0.3 is 19.7 Å². The number of nitrogens with zero attached hydrogens (tertiary/aromatic N) is 5. The molecule has 0 spiro atoms. The molecule has 5 rings (SSSR count). The predicted octanol–water partition coefficient (Wildman–Crippen LogP) is 3.00. The number of likely N-dealkylation sites (N-methyl/N-ethyl adjacent to an activating group) is 1. The summed E-state index contributed by atoms with van der Waals surface area (Å²) < 4.78 is 2.22. The van der Waals surface area contributed by atoms with E-state index < -0.39 is 0 Å². The van der Waals surface area contributed by atoms with Gasteiger partial charge in [0, 0.05) is 45.1 Å². The number of pyridine rings is 1. The number of fused-ring (bicyclic) bond motifs is 2. The average Bonchev–Trinajstić information content (AvgIpc) is 3.11. The van der Waals surface area contributed by atoms with Gasteiger partial charge in [-0.3, -0.25) is 4.98 Å². The molecule has 1 aromatic carbocycles. The van der Waals surface area contributed by atoms with E-state index in [9.17, 15) is 0 Å². The zero-order valence-electron chi connectivity index (χ0n) is 18.6. The Morgan fingerprint density at radius 1 is 0.967 bits per heavy atom. The number of rotatable bonds is 3. The van der Waals surface area contributed by atoms with Crippen LogP contribution in [0.4, 0.5) is 5.69 Å². The van der Waals surface area contributed by atoms with Crippen molar-refractivity contribution < 1.29 is 0 Å². The van der Waals surface area contributed by atoms with Crippen molar-refractivity contribution in [2.45, 2.75) is 32.2 Å². The molecule has 0 unspecified atom stereocenters. The lowest BCUT2D eigenvalue weighted by Crippen LogP contribution is -2.44. The van der Waals surface area contributed by atoms with Crippen molar-refractivity contribution in [1.29, 1.82) is 0 Å². The monoisotopic (exact) mass is 406 g/mol. The van der Waals surface area contributed by atoms with E-state index in [2.05, 4.69) is 63.0 Å². The van der Waals surface area contributed by atoms with E-state index in [0.717, 1.165) is 44.1 Å². The van der Waals surface area contributed by atoms with Crippen LogP contribution in [0, 0.1) is 0 Å². The molecule has 1 N–H and O–H groups in total. The summed E-state index contributed by atoms with van der Waals surface area (Å²) in [6, 6.07) is 10.7. The standard InChI is InChI=1S/C15H23N5.C9H11N/c1-16-11-14-17-12-5-4-6-13(15(12)19(14)3)20-9-7-18(2)8-10-20;1-2-6-9-8(4-1)5-3-7-10-9/h4-6,16H,7-11H2,1-3H3;3,5,7H,1-2,4,6H2. The number of hydrogen-bond donors (Lipinski definition) is 1. The number of anilines is 1. The Labute approximate surface area is 179 Å². The third kappa shape index (κ3) is 4.50. The number of hydrogen-bond acceptors (Lipinski definition) is 5. The van der Waals surface area contributed by atoms with Gasteiger partial charge in [0.15, 0.2) is 0 Å². The SMILES string of the molecule is CNCc1nc2cccc(N3CCN(C)CC3)c2n1C.c1cnc2c(c1)CCCC2. The van der Waals surface area contributed by atoms with Crippen LogP contribution < -0.4 is 10.2 Å². The second-order valence-electron chi connectivity index (χ2n) is 8.37. The van der Waals surface area contributed by atoms with E-state index in [4.69, 9.17) is 4.98 Å². The van der Waals surface area contributed by atoms with E-state index in [0.29, 0.717) is 0 Å². The molecule has 1 saturated heterocycles. The lowest BCUT2D eigenvalue weighted by molar-refractivity contribution is 0.313. The van der Waals surface area contributed by atoms with Gasteiger partial charge in [-0.25, -0.2) is 4.98 Å². The molecule has 2 aliphatic rings. The van der Waals surface area contributed by atoms with Crippen molar-refractivity contribution in [3.63, 3.8) is 0 Å². The molecule has 0 bridgehead atoms. The van der Waals surface area contributed by atoms with Crippen molar-refractivity contribution in [3.05, 3.63) is 53.6 Å². The van der Waals surface area contributed by atoms with E-state index in [1.807, 2.05) is 19.3 Å². The average molecular weight is 407 g/mol. The number of nitrogens with one attached hydrogen (secondary N) is 1. The second kappa shape index (κ2) is 9.58. The minimum atomic E-state index is 0.799. The number of imidazole rings is 1. The maximum absolute atomic E-state index is 4.74. The smallest absolute Gasteiger partial charge is 0.123 e. The minimum Gasteiger partial charge on any atom is -0.367 e. The van der Waals surface area contributed by atoms with Crippen molar-refractivity contribution in [2.75, 3.05) is 45.2 Å². The van der Waals surface area contributed by atoms with Gasteiger partial charge in [-0.2, -0.15) is 0 Å². The molecular weight excluding hydrogens is 372 g/mol. The van der Waals surface area contributed by atoms with Crippen LogP contribution in [0.15, 0.2) is 36.5 Å². The summed E-state index contributed by atoms with van der Waals surface area (Å²) >= 11 is 0. The molecule has 1 fully saturated rings. The van der Waals surface area contributed by atoms with Crippen LogP contribution in [0.3, 0.4) is 0 Å². The van der Waals surface area contributed by atoms with Crippen LogP contribution in [0.5, 0.6) is 0 Å². The van der Waals surface area contributed by atoms with Gasteiger partial charge in [-0.05, 0) is 63.5 Å². The first-order chi connectivity index (χ1) is 14.7. The highest BCUT2D eigenvalue weighted by Gasteiger charge is 2.19. The highest BCUT2D eigenvalue weighted by Crippen LogP contribution is 2.28. The number of aromatic nitrogens is 3. The van der Waals surface area contributed by atoms with Crippen LogP contribution in [-0.4, -0.2) is 59.7 Å². The summed E-state index contributed by atoms with van der Waals surface area (Å²) in [6.07, 6.45) is 6.99. The van der Waals surface area contributed by atoms with E-state index in [1.165, 1.54) is 48.1 Å². The Balaban J connectivity index is 0.000000181. The fourth-order valence-electron chi connectivity index (χ4n) is 4.45. The summed E-state index contributed by atoms with van der Waals surface area (Å²) in [6.45, 7) is 5.22. The Bertz CT molecular complexity index is 946. The summed E-state index contributed by atoms with van der Waals surface area (Å²) in [5.74, 6) is 1.09. The maximum Gasteiger partial charge on any atom is 0.123 e. The fraction of sp³-hybridized carbons (Fsp3) is 0.500. The molecule has 3 aromatic rings. The molecule has 0 saturated carbocycles. The quantitative estimate of drug-likeness (QED) is 0.725. The predicted molar refractivity (Wildman–Crippen MR) is 124 cm³/mol. The molecule has 0 amide bonds. The highest BCUT2D eigenvalue weighted by atomic mass is 15.3. The Kier molecular flexibility index (Phi) is 6.65. The third-order valence-corrected chi connectivity index (χ3v) is 6.24. The first kappa shape index (κ1) is 20.8. The molecule has 0 radical (unpaired) electrons. The van der Waals surface area contributed by atoms with Gasteiger partial charge in [0.2, 0.25) is 0 Å². The summed E-state index contributed by atoms with van der Waals surface area (Å²) in [7, 11) is 6.26. The van der Waals surface area contributed by atoms with Crippen LogP contribution in [0.25, 0.3) is 11.0 Å². The molecule has 1 aliphatic heterocycles. The van der Waals surface area contributed by atoms with E-state index in [-0.39, 0.29) is 0 Å². The maximum atomic E-state index is 4.74. The molecule has 6 heteroatoms. The third-order valence-electron chi connectivity index (χ3n) is 6.24. The summed E-state index contributed by atoms with van der Waals surface area (Å²) in [5, 5.41) is 3.19. The Morgan fingerprint density at radius 3 is 2.53 bits per heavy atom.